The van der Waals surface area contributed by atoms with E-state index in [1.165, 1.54) is 0 Å². The van der Waals surface area contributed by atoms with Crippen molar-refractivity contribution in [3.8, 4) is 16.9 Å². The van der Waals surface area contributed by atoms with E-state index in [9.17, 15) is 9.59 Å². The Morgan fingerprint density at radius 3 is 2.45 bits per heavy atom. The fourth-order valence-corrected chi connectivity index (χ4v) is 4.03. The highest BCUT2D eigenvalue weighted by molar-refractivity contribution is 6.04. The Bertz CT molecular complexity index is 1020. The summed E-state index contributed by atoms with van der Waals surface area (Å²) in [5, 5.41) is 2.03. The number of carbonyl (C=O) groups excluding carboxylic acids is 2. The predicted octanol–water partition coefficient (Wildman–Crippen LogP) is 5.10. The van der Waals surface area contributed by atoms with Crippen LogP contribution in [0.2, 0.25) is 0 Å². The predicted molar refractivity (Wildman–Crippen MR) is 115 cm³/mol. The third-order valence-electron chi connectivity index (χ3n) is 5.65. The Morgan fingerprint density at radius 1 is 1.03 bits per heavy atom. The van der Waals surface area contributed by atoms with Gasteiger partial charge in [0.05, 0.1) is 0 Å². The van der Waals surface area contributed by atoms with Crippen LogP contribution in [0.4, 0.5) is 0 Å². The molecule has 4 heteroatoms. The smallest absolute Gasteiger partial charge is 0.222 e. The van der Waals surface area contributed by atoms with Crippen LogP contribution in [0.1, 0.15) is 36.5 Å². The molecule has 0 saturated carbocycles. The zero-order valence-corrected chi connectivity index (χ0v) is 16.6. The Hall–Kier alpha value is -3.14. The van der Waals surface area contributed by atoms with E-state index in [1.54, 1.807) is 0 Å². The van der Waals surface area contributed by atoms with Crippen molar-refractivity contribution in [1.29, 1.82) is 0 Å². The van der Waals surface area contributed by atoms with Gasteiger partial charge in [0.25, 0.3) is 0 Å². The molecule has 4 nitrogen and oxygen atoms in total. The molecule has 0 radical (unpaired) electrons. The van der Waals surface area contributed by atoms with Crippen LogP contribution in [0.3, 0.4) is 0 Å². The number of fused-ring (bicyclic) bond motifs is 1. The molecule has 1 aliphatic rings. The molecular formula is C25H25NO3. The molecule has 1 fully saturated rings. The topological polar surface area (TPSA) is 46.6 Å². The van der Waals surface area contributed by atoms with E-state index in [0.717, 1.165) is 59.9 Å². The molecule has 1 saturated heterocycles. The monoisotopic (exact) mass is 387 g/mol. The lowest BCUT2D eigenvalue weighted by atomic mass is 9.95. The Labute approximate surface area is 171 Å². The van der Waals surface area contributed by atoms with Crippen LogP contribution in [0.25, 0.3) is 21.9 Å². The first-order valence-electron chi connectivity index (χ1n) is 10.2. The number of likely N-dealkylation sites (tertiary alicyclic amines) is 1. The zero-order valence-electron chi connectivity index (χ0n) is 16.6. The van der Waals surface area contributed by atoms with Gasteiger partial charge in [-0.3, -0.25) is 9.59 Å². The lowest BCUT2D eigenvalue weighted by molar-refractivity contribution is -0.132. The first-order chi connectivity index (χ1) is 14.2. The highest BCUT2D eigenvalue weighted by Gasteiger charge is 2.23. The zero-order chi connectivity index (χ0) is 20.2. The van der Waals surface area contributed by atoms with Gasteiger partial charge < -0.3 is 9.64 Å². The maximum Gasteiger partial charge on any atom is 0.222 e. The minimum atomic E-state index is 0.132. The summed E-state index contributed by atoms with van der Waals surface area (Å²) < 4.78 is 6.13. The quantitative estimate of drug-likeness (QED) is 0.572. The summed E-state index contributed by atoms with van der Waals surface area (Å²) in [6.07, 6.45) is 3.34. The van der Waals surface area contributed by atoms with Crippen molar-refractivity contribution in [2.75, 3.05) is 13.1 Å². The summed E-state index contributed by atoms with van der Waals surface area (Å²) >= 11 is 0. The highest BCUT2D eigenvalue weighted by atomic mass is 16.5. The van der Waals surface area contributed by atoms with Crippen molar-refractivity contribution in [3.05, 3.63) is 66.2 Å². The van der Waals surface area contributed by atoms with Gasteiger partial charge in [-0.05, 0) is 34.0 Å². The second-order valence-corrected chi connectivity index (χ2v) is 7.44. The lowest BCUT2D eigenvalue weighted by Crippen LogP contribution is -2.41. The summed E-state index contributed by atoms with van der Waals surface area (Å²) in [6.45, 7) is 3.42. The molecule has 29 heavy (non-hydrogen) atoms. The van der Waals surface area contributed by atoms with Gasteiger partial charge in [0.2, 0.25) is 5.91 Å². The molecule has 1 amide bonds. The second-order valence-electron chi connectivity index (χ2n) is 7.44. The van der Waals surface area contributed by atoms with E-state index in [1.807, 2.05) is 72.5 Å². The number of hydrogen-bond acceptors (Lipinski definition) is 3. The molecule has 0 spiro atoms. The molecule has 0 unspecified atom stereocenters. The van der Waals surface area contributed by atoms with Crippen LogP contribution in [-0.4, -0.2) is 36.3 Å². The average Bonchev–Trinajstić information content (AvgIpc) is 2.79. The molecule has 1 heterocycles. The van der Waals surface area contributed by atoms with Crippen molar-refractivity contribution < 1.29 is 14.3 Å². The second kappa shape index (κ2) is 8.48. The number of benzene rings is 3. The third kappa shape index (κ3) is 4.02. The van der Waals surface area contributed by atoms with Gasteiger partial charge in [0, 0.05) is 37.9 Å². The van der Waals surface area contributed by atoms with Crippen LogP contribution in [-0.2, 0) is 4.79 Å². The first-order valence-corrected chi connectivity index (χ1v) is 10.2. The van der Waals surface area contributed by atoms with Crippen LogP contribution in [0.5, 0.6) is 5.75 Å². The van der Waals surface area contributed by atoms with E-state index in [-0.39, 0.29) is 12.0 Å². The van der Waals surface area contributed by atoms with Crippen molar-refractivity contribution in [2.24, 2.45) is 0 Å². The van der Waals surface area contributed by atoms with Crippen LogP contribution >= 0.6 is 0 Å². The van der Waals surface area contributed by atoms with E-state index >= 15 is 0 Å². The fourth-order valence-electron chi connectivity index (χ4n) is 4.03. The van der Waals surface area contributed by atoms with Gasteiger partial charge in [0.15, 0.2) is 6.29 Å². The summed E-state index contributed by atoms with van der Waals surface area (Å²) in [5.41, 5.74) is 2.63. The number of ether oxygens (including phenoxy) is 1. The van der Waals surface area contributed by atoms with Crippen LogP contribution in [0.15, 0.2) is 60.7 Å². The van der Waals surface area contributed by atoms with E-state index in [2.05, 4.69) is 0 Å². The fraction of sp³-hybridized carbons (Fsp3) is 0.280. The van der Waals surface area contributed by atoms with Crippen LogP contribution in [0, 0.1) is 0 Å². The molecule has 3 aromatic rings. The highest BCUT2D eigenvalue weighted by Crippen LogP contribution is 2.31. The maximum atomic E-state index is 11.8. The van der Waals surface area contributed by atoms with Crippen LogP contribution < -0.4 is 4.74 Å². The van der Waals surface area contributed by atoms with Gasteiger partial charge in [-0.15, -0.1) is 0 Å². The Kier molecular flexibility index (Phi) is 5.61. The van der Waals surface area contributed by atoms with Gasteiger partial charge in [-0.2, -0.15) is 0 Å². The van der Waals surface area contributed by atoms with E-state index < -0.39 is 0 Å². The van der Waals surface area contributed by atoms with E-state index in [4.69, 9.17) is 4.74 Å². The summed E-state index contributed by atoms with van der Waals surface area (Å²) in [4.78, 5) is 25.5. The van der Waals surface area contributed by atoms with Crippen molar-refractivity contribution in [2.45, 2.75) is 32.3 Å². The van der Waals surface area contributed by atoms with Crippen molar-refractivity contribution in [1.82, 2.24) is 4.90 Å². The largest absolute Gasteiger partial charge is 0.490 e. The van der Waals surface area contributed by atoms with Crippen molar-refractivity contribution in [3.63, 3.8) is 0 Å². The first kappa shape index (κ1) is 19.2. The Morgan fingerprint density at radius 2 is 1.76 bits per heavy atom. The van der Waals surface area contributed by atoms with Gasteiger partial charge in [-0.25, -0.2) is 0 Å². The molecule has 0 atom stereocenters. The number of carbonyl (C=O) groups is 2. The number of hydrogen-bond donors (Lipinski definition) is 0. The summed E-state index contributed by atoms with van der Waals surface area (Å²) in [6, 6.07) is 19.9. The molecular weight excluding hydrogens is 362 g/mol. The standard InChI is InChI=1S/C25H25NO3/c1-2-25(28)26-15-13-21(14-16-26)29-20-10-7-19(8-11-20)23-12-9-18-5-3-4-6-22(18)24(23)17-27/h3-12,17,21H,2,13-16H2,1H3. The lowest BCUT2D eigenvalue weighted by Gasteiger charge is -2.32. The van der Waals surface area contributed by atoms with Crippen molar-refractivity contribution >= 4 is 23.0 Å². The minimum Gasteiger partial charge on any atom is -0.490 e. The maximum absolute atomic E-state index is 11.8. The molecule has 4 rings (SSSR count). The number of aldehydes is 1. The molecule has 0 aromatic heterocycles. The molecule has 0 bridgehead atoms. The number of rotatable bonds is 5. The minimum absolute atomic E-state index is 0.132. The normalized spacial score (nSPS) is 14.7. The summed E-state index contributed by atoms with van der Waals surface area (Å²) in [7, 11) is 0. The molecule has 0 aliphatic carbocycles. The average molecular weight is 387 g/mol. The van der Waals surface area contributed by atoms with Gasteiger partial charge >= 0.3 is 0 Å². The number of nitrogens with zero attached hydrogens (tertiary/aromatic N) is 1. The molecule has 3 aromatic carbocycles. The molecule has 1 aliphatic heterocycles. The molecule has 148 valence electrons. The van der Waals surface area contributed by atoms with Gasteiger partial charge in [-0.1, -0.05) is 55.5 Å². The Balaban J connectivity index is 1.48. The number of piperidine rings is 1. The SMILES string of the molecule is CCC(=O)N1CCC(Oc2ccc(-c3ccc4ccccc4c3C=O)cc2)CC1. The third-order valence-corrected chi connectivity index (χ3v) is 5.65. The van der Waals surface area contributed by atoms with Gasteiger partial charge in [0.1, 0.15) is 11.9 Å². The summed E-state index contributed by atoms with van der Waals surface area (Å²) in [5.74, 6) is 1.04. The molecule has 0 N–H and O–H groups in total. The number of amides is 1. The van der Waals surface area contributed by atoms with E-state index in [0.29, 0.717) is 12.0 Å².